The van der Waals surface area contributed by atoms with Crippen LogP contribution < -0.4 is 10.6 Å². The van der Waals surface area contributed by atoms with Crippen LogP contribution in [0.25, 0.3) is 11.1 Å². The zero-order valence-electron chi connectivity index (χ0n) is 20.3. The molecule has 8 nitrogen and oxygen atoms in total. The topological polar surface area (TPSA) is 108 Å². The first-order chi connectivity index (χ1) is 16.7. The highest BCUT2D eigenvalue weighted by molar-refractivity contribution is 5.89. The average Bonchev–Trinajstić information content (AvgIpc) is 3.42. The molecule has 1 atom stereocenters. The molecule has 186 valence electrons. The molecule has 0 saturated carbocycles. The van der Waals surface area contributed by atoms with E-state index in [-0.39, 0.29) is 12.5 Å². The largest absolute Gasteiger partial charge is 0.481 e. The summed E-state index contributed by atoms with van der Waals surface area (Å²) >= 11 is 0. The number of benzene rings is 2. The van der Waals surface area contributed by atoms with Crippen molar-refractivity contribution in [3.05, 3.63) is 59.7 Å². The van der Waals surface area contributed by atoms with Crippen LogP contribution in [0.4, 0.5) is 4.79 Å². The Morgan fingerprint density at radius 2 is 1.60 bits per heavy atom. The second kappa shape index (κ2) is 10.5. The Balaban J connectivity index is 1.38. The number of alkyl carbamates (subject to hydrolysis) is 1. The number of hydrogen-bond donors (Lipinski definition) is 3. The van der Waals surface area contributed by atoms with Crippen LogP contribution in [-0.4, -0.2) is 65.8 Å². The number of nitrogens with one attached hydrogen (secondary N) is 2. The van der Waals surface area contributed by atoms with E-state index in [9.17, 15) is 19.5 Å². The van der Waals surface area contributed by atoms with Crippen LogP contribution in [0.1, 0.15) is 50.2 Å². The second-order valence-electron chi connectivity index (χ2n) is 9.98. The molecule has 4 rings (SSSR count). The maximum Gasteiger partial charge on any atom is 0.407 e. The van der Waals surface area contributed by atoms with E-state index in [0.29, 0.717) is 6.54 Å². The van der Waals surface area contributed by atoms with Crippen LogP contribution in [0.5, 0.6) is 0 Å². The predicted molar refractivity (Wildman–Crippen MR) is 132 cm³/mol. The molecular formula is C27H33N3O5. The van der Waals surface area contributed by atoms with Crippen molar-refractivity contribution in [3.8, 4) is 11.1 Å². The lowest BCUT2D eigenvalue weighted by molar-refractivity contribution is -0.140. The fourth-order valence-corrected chi connectivity index (χ4v) is 5.13. The predicted octanol–water partition coefficient (Wildman–Crippen LogP) is 3.36. The minimum atomic E-state index is -1.24. The molecule has 1 aliphatic heterocycles. The van der Waals surface area contributed by atoms with Crippen LogP contribution in [0, 0.1) is 0 Å². The summed E-state index contributed by atoms with van der Waals surface area (Å²) < 4.78 is 5.51. The molecule has 0 bridgehead atoms. The summed E-state index contributed by atoms with van der Waals surface area (Å²) in [5.74, 6) is -1.84. The number of likely N-dealkylation sites (tertiary alicyclic amines) is 1. The van der Waals surface area contributed by atoms with Gasteiger partial charge in [0, 0.05) is 18.0 Å². The molecule has 3 N–H and O–H groups in total. The highest BCUT2D eigenvalue weighted by Gasteiger charge is 2.32. The number of ether oxygens (including phenoxy) is 1. The van der Waals surface area contributed by atoms with Gasteiger partial charge >= 0.3 is 12.1 Å². The van der Waals surface area contributed by atoms with Gasteiger partial charge in [-0.2, -0.15) is 0 Å². The van der Waals surface area contributed by atoms with Gasteiger partial charge in [0.1, 0.15) is 12.6 Å². The molecule has 2 aliphatic rings. The first-order valence-corrected chi connectivity index (χ1v) is 12.1. The molecule has 0 spiro atoms. The minimum absolute atomic E-state index is 0.0850. The van der Waals surface area contributed by atoms with Crippen molar-refractivity contribution in [3.63, 3.8) is 0 Å². The number of nitrogens with zero attached hydrogens (tertiary/aromatic N) is 1. The van der Waals surface area contributed by atoms with Crippen LogP contribution >= 0.6 is 0 Å². The Labute approximate surface area is 205 Å². The molecule has 1 unspecified atom stereocenters. The maximum absolute atomic E-state index is 12.9. The van der Waals surface area contributed by atoms with Crippen molar-refractivity contribution >= 4 is 18.0 Å². The molecule has 2 amide bonds. The van der Waals surface area contributed by atoms with E-state index in [1.165, 1.54) is 0 Å². The van der Waals surface area contributed by atoms with Gasteiger partial charge in [-0.05, 0) is 62.0 Å². The number of carboxylic acids is 1. The van der Waals surface area contributed by atoms with Gasteiger partial charge in [-0.25, -0.2) is 4.79 Å². The lowest BCUT2D eigenvalue weighted by atomic mass is 9.98. The van der Waals surface area contributed by atoms with Gasteiger partial charge in [-0.15, -0.1) is 0 Å². The molecule has 0 radical (unpaired) electrons. The second-order valence-corrected chi connectivity index (χ2v) is 9.98. The number of amides is 2. The summed E-state index contributed by atoms with van der Waals surface area (Å²) in [5.41, 5.74) is 3.80. The number of hydrogen-bond acceptors (Lipinski definition) is 5. The number of carboxylic acid groups (broad SMARTS) is 1. The van der Waals surface area contributed by atoms with Gasteiger partial charge < -0.3 is 25.4 Å². The Bertz CT molecular complexity index is 1050. The van der Waals surface area contributed by atoms with E-state index in [1.807, 2.05) is 62.4 Å². The third-order valence-electron chi connectivity index (χ3n) is 6.61. The van der Waals surface area contributed by atoms with E-state index >= 15 is 0 Å². The molecule has 35 heavy (non-hydrogen) atoms. The van der Waals surface area contributed by atoms with E-state index in [4.69, 9.17) is 4.74 Å². The first kappa shape index (κ1) is 24.7. The lowest BCUT2D eigenvalue weighted by Gasteiger charge is -2.32. The lowest BCUT2D eigenvalue weighted by Crippen LogP contribution is -2.57. The van der Waals surface area contributed by atoms with Crippen LogP contribution in [-0.2, 0) is 14.3 Å². The SMILES string of the molecule is CC(C)(CN1CCCC1)NC(=O)C(CC(=O)O)NC(=O)OCC1c2ccccc2-c2ccccc21. The highest BCUT2D eigenvalue weighted by Crippen LogP contribution is 2.44. The standard InChI is InChI=1S/C27H33N3O5/c1-27(2,17-30-13-7-8-14-30)29-25(33)23(15-24(31)32)28-26(34)35-16-22-20-11-5-3-9-18(20)19-10-4-6-12-21(19)22/h3-6,9-12,22-23H,7-8,13-17H2,1-2H3,(H,28,34)(H,29,33)(H,31,32). The zero-order valence-corrected chi connectivity index (χ0v) is 20.3. The third-order valence-corrected chi connectivity index (χ3v) is 6.61. The fourth-order valence-electron chi connectivity index (χ4n) is 5.13. The monoisotopic (exact) mass is 479 g/mol. The first-order valence-electron chi connectivity index (χ1n) is 12.1. The number of carbonyl (C=O) groups is 3. The smallest absolute Gasteiger partial charge is 0.407 e. The van der Waals surface area contributed by atoms with E-state index in [0.717, 1.165) is 48.2 Å². The van der Waals surface area contributed by atoms with E-state index in [1.54, 1.807) is 0 Å². The van der Waals surface area contributed by atoms with Crippen molar-refractivity contribution in [2.45, 2.75) is 50.6 Å². The van der Waals surface area contributed by atoms with Crippen LogP contribution in [0.2, 0.25) is 0 Å². The van der Waals surface area contributed by atoms with Crippen molar-refractivity contribution in [2.75, 3.05) is 26.2 Å². The molecule has 2 aromatic carbocycles. The summed E-state index contributed by atoms with van der Waals surface area (Å²) in [5, 5.41) is 14.7. The average molecular weight is 480 g/mol. The fraction of sp³-hybridized carbons (Fsp3) is 0.444. The normalized spacial score (nSPS) is 16.3. The van der Waals surface area contributed by atoms with Crippen molar-refractivity contribution in [1.82, 2.24) is 15.5 Å². The summed E-state index contributed by atoms with van der Waals surface area (Å²) in [6.07, 6.45) is 0.922. The molecule has 1 aliphatic carbocycles. The Morgan fingerprint density at radius 3 is 2.17 bits per heavy atom. The highest BCUT2D eigenvalue weighted by atomic mass is 16.5. The summed E-state index contributed by atoms with van der Waals surface area (Å²) in [6.45, 7) is 6.50. The molecule has 1 saturated heterocycles. The van der Waals surface area contributed by atoms with Gasteiger partial charge in [0.25, 0.3) is 0 Å². The zero-order chi connectivity index (χ0) is 25.0. The number of fused-ring (bicyclic) bond motifs is 3. The van der Waals surface area contributed by atoms with Gasteiger partial charge in [-0.1, -0.05) is 48.5 Å². The maximum atomic E-state index is 12.9. The van der Waals surface area contributed by atoms with E-state index < -0.39 is 36.0 Å². The van der Waals surface area contributed by atoms with Gasteiger partial charge in [0.2, 0.25) is 5.91 Å². The molecule has 8 heteroatoms. The van der Waals surface area contributed by atoms with Crippen LogP contribution in [0.3, 0.4) is 0 Å². The van der Waals surface area contributed by atoms with Gasteiger partial charge in [-0.3, -0.25) is 9.59 Å². The Hall–Kier alpha value is -3.39. The quantitative estimate of drug-likeness (QED) is 0.509. The molecular weight excluding hydrogens is 446 g/mol. The number of carbonyl (C=O) groups excluding carboxylic acids is 2. The Morgan fingerprint density at radius 1 is 1.03 bits per heavy atom. The third kappa shape index (κ3) is 6.00. The van der Waals surface area contributed by atoms with E-state index in [2.05, 4.69) is 15.5 Å². The van der Waals surface area contributed by atoms with Crippen LogP contribution in [0.15, 0.2) is 48.5 Å². The Kier molecular flexibility index (Phi) is 7.40. The molecule has 1 fully saturated rings. The van der Waals surface area contributed by atoms with Crippen molar-refractivity contribution in [1.29, 1.82) is 0 Å². The van der Waals surface area contributed by atoms with Gasteiger partial charge in [0.15, 0.2) is 0 Å². The molecule has 2 aromatic rings. The summed E-state index contributed by atoms with van der Waals surface area (Å²) in [4.78, 5) is 39.2. The summed E-state index contributed by atoms with van der Waals surface area (Å²) in [6, 6.07) is 14.8. The molecule has 0 aromatic heterocycles. The number of aliphatic carboxylic acids is 1. The number of rotatable bonds is 9. The molecule has 1 heterocycles. The van der Waals surface area contributed by atoms with Gasteiger partial charge in [0.05, 0.1) is 6.42 Å². The minimum Gasteiger partial charge on any atom is -0.481 e. The van der Waals surface area contributed by atoms with Crippen molar-refractivity contribution < 1.29 is 24.2 Å². The summed E-state index contributed by atoms with van der Waals surface area (Å²) in [7, 11) is 0. The van der Waals surface area contributed by atoms with Crippen molar-refractivity contribution in [2.24, 2.45) is 0 Å².